The Morgan fingerprint density at radius 1 is 1.12 bits per heavy atom. The molecular weight excluding hydrogens is 316 g/mol. The number of carbonyl (C=O) groups excluding carboxylic acids is 1. The van der Waals surface area contributed by atoms with Gasteiger partial charge in [-0.1, -0.05) is 30.3 Å². The van der Waals surface area contributed by atoms with Crippen LogP contribution >= 0.6 is 0 Å². The molecule has 2 aromatic rings. The van der Waals surface area contributed by atoms with Crippen molar-refractivity contribution in [2.24, 2.45) is 5.10 Å². The summed E-state index contributed by atoms with van der Waals surface area (Å²) in [7, 11) is 0. The van der Waals surface area contributed by atoms with Crippen molar-refractivity contribution >= 4 is 17.3 Å². The summed E-state index contributed by atoms with van der Waals surface area (Å²) in [6.07, 6.45) is 0. The molecule has 24 heavy (non-hydrogen) atoms. The predicted octanol–water partition coefficient (Wildman–Crippen LogP) is 3.24. The summed E-state index contributed by atoms with van der Waals surface area (Å²) in [6.45, 7) is -1.29. The fourth-order valence-corrected chi connectivity index (χ4v) is 1.95. The summed E-state index contributed by atoms with van der Waals surface area (Å²) in [5.41, 5.74) is 3.93. The summed E-state index contributed by atoms with van der Waals surface area (Å²) < 4.78 is 29.2. The smallest absolute Gasteiger partial charge is 0.387 e. The molecule has 2 aromatic carbocycles. The van der Waals surface area contributed by atoms with Crippen molar-refractivity contribution in [2.75, 3.05) is 11.9 Å². The minimum atomic E-state index is -2.93. The summed E-state index contributed by atoms with van der Waals surface area (Å²) in [6, 6.07) is 15.5. The molecule has 0 heterocycles. The fraction of sp³-hybridized carbons (Fsp3) is 0.176. The van der Waals surface area contributed by atoms with Crippen LogP contribution in [0.25, 0.3) is 0 Å². The molecule has 5 nitrogen and oxygen atoms in total. The molecule has 0 saturated heterocycles. The van der Waals surface area contributed by atoms with Crippen LogP contribution in [0.2, 0.25) is 0 Å². The largest absolute Gasteiger partial charge is 0.434 e. The molecule has 0 fully saturated rings. The number of nitrogens with zero attached hydrogens (tertiary/aromatic N) is 1. The van der Waals surface area contributed by atoms with Gasteiger partial charge in [0.1, 0.15) is 5.75 Å². The molecule has 1 amide bonds. The van der Waals surface area contributed by atoms with Gasteiger partial charge in [0, 0.05) is 11.3 Å². The van der Waals surface area contributed by atoms with E-state index < -0.39 is 6.61 Å². The second kappa shape index (κ2) is 8.61. The molecule has 0 aliphatic carbocycles. The number of hydrogen-bond acceptors (Lipinski definition) is 4. The number of nitrogens with one attached hydrogen (secondary N) is 2. The van der Waals surface area contributed by atoms with Crippen molar-refractivity contribution in [1.29, 1.82) is 0 Å². The summed E-state index contributed by atoms with van der Waals surface area (Å²) in [5.74, 6) is -0.351. The molecule has 0 radical (unpaired) electrons. The van der Waals surface area contributed by atoms with Gasteiger partial charge in [-0.15, -0.1) is 0 Å². The lowest BCUT2D eigenvalue weighted by Crippen LogP contribution is -2.26. The number of benzene rings is 2. The van der Waals surface area contributed by atoms with E-state index in [1.54, 1.807) is 25.1 Å². The Balaban J connectivity index is 1.95. The van der Waals surface area contributed by atoms with Gasteiger partial charge >= 0.3 is 6.61 Å². The van der Waals surface area contributed by atoms with E-state index >= 15 is 0 Å². The first-order chi connectivity index (χ1) is 11.6. The van der Waals surface area contributed by atoms with Crippen LogP contribution in [0, 0.1) is 0 Å². The number of anilines is 1. The van der Waals surface area contributed by atoms with Crippen molar-refractivity contribution in [2.45, 2.75) is 13.5 Å². The number of hydrazone groups is 1. The van der Waals surface area contributed by atoms with Crippen LogP contribution in [0.1, 0.15) is 12.5 Å². The molecule has 0 unspecified atom stereocenters. The molecule has 0 spiro atoms. The lowest BCUT2D eigenvalue weighted by Gasteiger charge is -2.10. The van der Waals surface area contributed by atoms with E-state index in [0.717, 1.165) is 5.69 Å². The average molecular weight is 333 g/mol. The van der Waals surface area contributed by atoms with E-state index in [1.807, 2.05) is 30.3 Å². The molecule has 0 aromatic heterocycles. The van der Waals surface area contributed by atoms with Crippen molar-refractivity contribution in [3.05, 3.63) is 60.2 Å². The zero-order valence-electron chi connectivity index (χ0n) is 13.0. The number of alkyl halides is 2. The monoisotopic (exact) mass is 333 g/mol. The topological polar surface area (TPSA) is 62.7 Å². The van der Waals surface area contributed by atoms with E-state index in [2.05, 4.69) is 20.6 Å². The van der Waals surface area contributed by atoms with Gasteiger partial charge in [-0.25, -0.2) is 5.43 Å². The van der Waals surface area contributed by atoms with Gasteiger partial charge in [0.25, 0.3) is 5.91 Å². The Bertz CT molecular complexity index is 706. The first kappa shape index (κ1) is 17.4. The minimum Gasteiger partial charge on any atom is -0.434 e. The Morgan fingerprint density at radius 3 is 2.50 bits per heavy atom. The molecule has 0 aliphatic rings. The van der Waals surface area contributed by atoms with Crippen molar-refractivity contribution in [1.82, 2.24) is 5.43 Å². The maximum atomic E-state index is 12.4. The number of rotatable bonds is 7. The summed E-state index contributed by atoms with van der Waals surface area (Å²) in [4.78, 5) is 11.8. The third-order valence-electron chi connectivity index (χ3n) is 3.07. The van der Waals surface area contributed by atoms with Crippen molar-refractivity contribution in [3.63, 3.8) is 0 Å². The van der Waals surface area contributed by atoms with Crippen LogP contribution in [0.3, 0.4) is 0 Å². The summed E-state index contributed by atoms with van der Waals surface area (Å²) in [5, 5.41) is 6.87. The minimum absolute atomic E-state index is 0.00501. The molecule has 7 heteroatoms. The highest BCUT2D eigenvalue weighted by molar-refractivity contribution is 6.01. The Morgan fingerprint density at radius 2 is 1.79 bits per heavy atom. The first-order valence-corrected chi connectivity index (χ1v) is 7.22. The zero-order chi connectivity index (χ0) is 17.4. The quantitative estimate of drug-likeness (QED) is 0.604. The highest BCUT2D eigenvalue weighted by Gasteiger charge is 2.11. The molecule has 2 rings (SSSR count). The van der Waals surface area contributed by atoms with E-state index in [1.165, 1.54) is 6.07 Å². The number of hydrogen-bond donors (Lipinski definition) is 2. The standard InChI is InChI=1S/C17H17F2N3O2/c1-12(14-9-5-6-10-15(14)24-17(18)19)21-22-16(23)11-20-13-7-3-2-4-8-13/h2-10,17,20H,11H2,1H3,(H,22,23)/b21-12-. The number of para-hydroxylation sites is 2. The van der Waals surface area contributed by atoms with Crippen LogP contribution in [0.15, 0.2) is 59.7 Å². The van der Waals surface area contributed by atoms with Gasteiger partial charge in [0.2, 0.25) is 0 Å². The second-order valence-electron chi connectivity index (χ2n) is 4.83. The van der Waals surface area contributed by atoms with Gasteiger partial charge in [-0.3, -0.25) is 4.79 Å². The number of ether oxygens (including phenoxy) is 1. The lowest BCUT2D eigenvalue weighted by atomic mass is 10.1. The van der Waals surface area contributed by atoms with Crippen molar-refractivity contribution < 1.29 is 18.3 Å². The van der Waals surface area contributed by atoms with Gasteiger partial charge in [-0.2, -0.15) is 13.9 Å². The summed E-state index contributed by atoms with van der Waals surface area (Å²) >= 11 is 0. The molecule has 0 bridgehead atoms. The number of carbonyl (C=O) groups is 1. The second-order valence-corrected chi connectivity index (χ2v) is 4.83. The SMILES string of the molecule is C/C(=N/NC(=O)CNc1ccccc1)c1ccccc1OC(F)F. The van der Waals surface area contributed by atoms with Crippen LogP contribution < -0.4 is 15.5 Å². The highest BCUT2D eigenvalue weighted by atomic mass is 19.3. The maximum absolute atomic E-state index is 12.4. The first-order valence-electron chi connectivity index (χ1n) is 7.22. The van der Waals surface area contributed by atoms with Crippen LogP contribution in [0.5, 0.6) is 5.75 Å². The Kier molecular flexibility index (Phi) is 6.24. The number of halogens is 2. The molecule has 2 N–H and O–H groups in total. The Hall–Kier alpha value is -2.96. The fourth-order valence-electron chi connectivity index (χ4n) is 1.95. The average Bonchev–Trinajstić information content (AvgIpc) is 2.58. The van der Waals surface area contributed by atoms with E-state index in [4.69, 9.17) is 0 Å². The van der Waals surface area contributed by atoms with E-state index in [0.29, 0.717) is 11.3 Å². The third-order valence-corrected chi connectivity index (χ3v) is 3.07. The highest BCUT2D eigenvalue weighted by Crippen LogP contribution is 2.20. The van der Waals surface area contributed by atoms with Crippen LogP contribution in [-0.4, -0.2) is 24.8 Å². The maximum Gasteiger partial charge on any atom is 0.387 e. The predicted molar refractivity (Wildman–Crippen MR) is 88.4 cm³/mol. The van der Waals surface area contributed by atoms with Gasteiger partial charge < -0.3 is 10.1 Å². The number of amides is 1. The van der Waals surface area contributed by atoms with Crippen molar-refractivity contribution in [3.8, 4) is 5.75 Å². The van der Waals surface area contributed by atoms with Gasteiger partial charge in [0.05, 0.1) is 12.3 Å². The van der Waals surface area contributed by atoms with Gasteiger partial charge in [-0.05, 0) is 31.2 Å². The third kappa shape index (κ3) is 5.35. The normalized spacial score (nSPS) is 11.2. The lowest BCUT2D eigenvalue weighted by molar-refractivity contribution is -0.119. The Labute approximate surface area is 138 Å². The zero-order valence-corrected chi connectivity index (χ0v) is 13.0. The molecule has 0 saturated carbocycles. The van der Waals surface area contributed by atoms with Crippen LogP contribution in [-0.2, 0) is 4.79 Å². The van der Waals surface area contributed by atoms with E-state index in [9.17, 15) is 13.6 Å². The molecular formula is C17H17F2N3O2. The molecule has 0 aliphatic heterocycles. The van der Waals surface area contributed by atoms with E-state index in [-0.39, 0.29) is 18.2 Å². The van der Waals surface area contributed by atoms with Gasteiger partial charge in [0.15, 0.2) is 0 Å². The molecule has 126 valence electrons. The van der Waals surface area contributed by atoms with Crippen LogP contribution in [0.4, 0.5) is 14.5 Å². The molecule has 0 atom stereocenters.